The Kier molecular flexibility index (Phi) is 6.31. The molecule has 30 heavy (non-hydrogen) atoms. The largest absolute Gasteiger partial charge is 0.469 e. The van der Waals surface area contributed by atoms with Gasteiger partial charge in [-0.25, -0.2) is 4.98 Å². The van der Waals surface area contributed by atoms with Gasteiger partial charge in [-0.05, 0) is 47.9 Å². The van der Waals surface area contributed by atoms with Crippen LogP contribution in [0.25, 0.3) is 0 Å². The summed E-state index contributed by atoms with van der Waals surface area (Å²) in [7, 11) is 1.45. The smallest absolute Gasteiger partial charge is 0.306 e. The molecule has 0 saturated carbocycles. The summed E-state index contributed by atoms with van der Waals surface area (Å²) in [6.07, 6.45) is 4.41. The molecule has 2 aliphatic rings. The summed E-state index contributed by atoms with van der Waals surface area (Å²) >= 11 is 0. The summed E-state index contributed by atoms with van der Waals surface area (Å²) in [5, 5.41) is 3.26. The third-order valence-corrected chi connectivity index (χ3v) is 6.48. The van der Waals surface area contributed by atoms with Crippen molar-refractivity contribution in [1.29, 1.82) is 0 Å². The first-order valence-corrected chi connectivity index (χ1v) is 10.8. The summed E-state index contributed by atoms with van der Waals surface area (Å²) in [5.41, 5.74) is 2.55. The predicted octanol–water partition coefficient (Wildman–Crippen LogP) is 3.57. The fraction of sp³-hybridized carbons (Fsp3) is 0.458. The van der Waals surface area contributed by atoms with Crippen LogP contribution in [0.15, 0.2) is 48.7 Å². The minimum Gasteiger partial charge on any atom is -0.469 e. The van der Waals surface area contributed by atoms with Crippen molar-refractivity contribution in [3.8, 4) is 0 Å². The number of methoxy groups -OCH3 is 1. The number of benzene rings is 1. The van der Waals surface area contributed by atoms with Crippen LogP contribution in [0.1, 0.15) is 48.6 Å². The van der Waals surface area contributed by atoms with Crippen molar-refractivity contribution in [3.63, 3.8) is 0 Å². The molecule has 3 atom stereocenters. The van der Waals surface area contributed by atoms with Crippen LogP contribution in [0.5, 0.6) is 0 Å². The quantitative estimate of drug-likeness (QED) is 0.561. The van der Waals surface area contributed by atoms with E-state index >= 15 is 0 Å². The zero-order chi connectivity index (χ0) is 20.9. The lowest BCUT2D eigenvalue weighted by Crippen LogP contribution is -2.42. The van der Waals surface area contributed by atoms with Crippen molar-refractivity contribution in [3.05, 3.63) is 59.8 Å². The van der Waals surface area contributed by atoms with Crippen molar-refractivity contribution < 1.29 is 14.3 Å². The maximum atomic E-state index is 12.8. The molecule has 2 aromatic rings. The number of pyridine rings is 1. The van der Waals surface area contributed by atoms with Crippen LogP contribution < -0.4 is 5.32 Å². The van der Waals surface area contributed by atoms with Gasteiger partial charge in [0.25, 0.3) is 0 Å². The lowest BCUT2D eigenvalue weighted by molar-refractivity contribution is -0.142. The number of hydrogen-bond donors (Lipinski definition) is 1. The Balaban J connectivity index is 1.34. The number of likely N-dealkylation sites (tertiary alicyclic amines) is 1. The Bertz CT molecular complexity index is 886. The second-order valence-electron chi connectivity index (χ2n) is 8.16. The normalized spacial score (nSPS) is 22.2. The third-order valence-electron chi connectivity index (χ3n) is 6.48. The fourth-order valence-electron chi connectivity index (χ4n) is 5.03. The SMILES string of the molecule is COC(=O)C[C@H]1c2ccccc2C2CN(C(=O)CCCNc3ccccn3)CCC21. The van der Waals surface area contributed by atoms with E-state index in [0.717, 1.165) is 38.3 Å². The topological polar surface area (TPSA) is 71.5 Å². The van der Waals surface area contributed by atoms with E-state index < -0.39 is 0 Å². The van der Waals surface area contributed by atoms with E-state index in [4.69, 9.17) is 4.74 Å². The van der Waals surface area contributed by atoms with Crippen molar-refractivity contribution in [2.45, 2.75) is 37.5 Å². The van der Waals surface area contributed by atoms with Crippen molar-refractivity contribution in [2.24, 2.45) is 5.92 Å². The fourth-order valence-corrected chi connectivity index (χ4v) is 5.03. The highest BCUT2D eigenvalue weighted by atomic mass is 16.5. The molecule has 0 spiro atoms. The number of piperidine rings is 1. The molecule has 1 aromatic carbocycles. The van der Waals surface area contributed by atoms with Gasteiger partial charge in [-0.2, -0.15) is 0 Å². The van der Waals surface area contributed by atoms with E-state index in [2.05, 4.69) is 28.5 Å². The zero-order valence-electron chi connectivity index (χ0n) is 17.4. The van der Waals surface area contributed by atoms with Gasteiger partial charge >= 0.3 is 5.97 Å². The van der Waals surface area contributed by atoms with Crippen LogP contribution in [0, 0.1) is 5.92 Å². The van der Waals surface area contributed by atoms with E-state index in [1.807, 2.05) is 29.2 Å². The standard InChI is InChI=1S/C24H29N3O3/c1-30-24(29)15-20-17-7-2-3-8-18(17)21-16-27(14-11-19(20)21)23(28)10-6-13-26-22-9-4-5-12-25-22/h2-5,7-9,12,19-21H,6,10-11,13-16H2,1H3,(H,25,26)/t19?,20-,21?/m0/s1. The molecule has 6 heteroatoms. The molecule has 1 aromatic heterocycles. The van der Waals surface area contributed by atoms with Gasteiger partial charge in [-0.1, -0.05) is 30.3 Å². The van der Waals surface area contributed by atoms with Gasteiger partial charge in [-0.15, -0.1) is 0 Å². The van der Waals surface area contributed by atoms with Crippen LogP contribution in [0.3, 0.4) is 0 Å². The van der Waals surface area contributed by atoms with Gasteiger partial charge in [0.15, 0.2) is 0 Å². The van der Waals surface area contributed by atoms with Crippen LogP contribution in [0.4, 0.5) is 5.82 Å². The number of nitrogens with one attached hydrogen (secondary N) is 1. The molecule has 1 fully saturated rings. The number of hydrogen-bond acceptors (Lipinski definition) is 5. The first kappa shape index (κ1) is 20.4. The highest BCUT2D eigenvalue weighted by Crippen LogP contribution is 2.51. The van der Waals surface area contributed by atoms with Crippen LogP contribution in [0.2, 0.25) is 0 Å². The average Bonchev–Trinajstić information content (AvgIpc) is 3.10. The Morgan fingerprint density at radius 3 is 2.73 bits per heavy atom. The molecule has 1 aliphatic carbocycles. The molecule has 1 amide bonds. The van der Waals surface area contributed by atoms with Crippen molar-refractivity contribution in [1.82, 2.24) is 9.88 Å². The Hall–Kier alpha value is -2.89. The summed E-state index contributed by atoms with van der Waals surface area (Å²) in [4.78, 5) is 31.1. The molecule has 0 radical (unpaired) electrons. The number of aromatic nitrogens is 1. The second kappa shape index (κ2) is 9.28. The number of anilines is 1. The minimum atomic E-state index is -0.158. The van der Waals surface area contributed by atoms with Gasteiger partial charge in [0.05, 0.1) is 13.5 Å². The van der Waals surface area contributed by atoms with Gasteiger partial charge < -0.3 is 15.0 Å². The zero-order valence-corrected chi connectivity index (χ0v) is 17.4. The van der Waals surface area contributed by atoms with Gasteiger partial charge in [0.1, 0.15) is 5.82 Å². The monoisotopic (exact) mass is 407 g/mol. The molecule has 1 aliphatic heterocycles. The van der Waals surface area contributed by atoms with E-state index in [0.29, 0.717) is 24.7 Å². The molecule has 2 unspecified atom stereocenters. The summed E-state index contributed by atoms with van der Waals surface area (Å²) in [6.45, 7) is 2.23. The highest BCUT2D eigenvalue weighted by Gasteiger charge is 2.44. The lowest BCUT2D eigenvalue weighted by atomic mass is 9.80. The Morgan fingerprint density at radius 2 is 1.97 bits per heavy atom. The van der Waals surface area contributed by atoms with E-state index in [1.54, 1.807) is 6.20 Å². The van der Waals surface area contributed by atoms with Crippen LogP contribution in [-0.2, 0) is 14.3 Å². The first-order chi connectivity index (χ1) is 14.7. The first-order valence-electron chi connectivity index (χ1n) is 10.8. The molecule has 158 valence electrons. The Morgan fingerprint density at radius 1 is 1.17 bits per heavy atom. The molecule has 1 N–H and O–H groups in total. The molecule has 0 bridgehead atoms. The number of carbonyl (C=O) groups excluding carboxylic acids is 2. The highest BCUT2D eigenvalue weighted by molar-refractivity contribution is 5.76. The van der Waals surface area contributed by atoms with Gasteiger partial charge in [0.2, 0.25) is 5.91 Å². The van der Waals surface area contributed by atoms with E-state index in [9.17, 15) is 9.59 Å². The molecular formula is C24H29N3O3. The van der Waals surface area contributed by atoms with Crippen LogP contribution in [-0.4, -0.2) is 48.5 Å². The van der Waals surface area contributed by atoms with E-state index in [1.165, 1.54) is 18.2 Å². The summed E-state index contributed by atoms with van der Waals surface area (Å²) in [6, 6.07) is 14.1. The molecule has 4 rings (SSSR count). The average molecular weight is 408 g/mol. The van der Waals surface area contributed by atoms with Crippen LogP contribution >= 0.6 is 0 Å². The molecule has 1 saturated heterocycles. The maximum absolute atomic E-state index is 12.8. The van der Waals surface area contributed by atoms with Crippen molar-refractivity contribution in [2.75, 3.05) is 32.1 Å². The molecular weight excluding hydrogens is 378 g/mol. The minimum absolute atomic E-state index is 0.158. The van der Waals surface area contributed by atoms with E-state index in [-0.39, 0.29) is 17.8 Å². The number of carbonyl (C=O) groups is 2. The molecule has 2 heterocycles. The second-order valence-corrected chi connectivity index (χ2v) is 8.16. The molecule has 6 nitrogen and oxygen atoms in total. The van der Waals surface area contributed by atoms with Gasteiger partial charge in [-0.3, -0.25) is 9.59 Å². The van der Waals surface area contributed by atoms with Crippen molar-refractivity contribution >= 4 is 17.7 Å². The number of nitrogens with zero attached hydrogens (tertiary/aromatic N) is 2. The van der Waals surface area contributed by atoms with Gasteiger partial charge in [0, 0.05) is 38.2 Å². The lowest BCUT2D eigenvalue weighted by Gasteiger charge is -2.37. The number of amides is 1. The summed E-state index contributed by atoms with van der Waals surface area (Å²) < 4.78 is 4.94. The number of ether oxygens (including phenoxy) is 1. The number of fused-ring (bicyclic) bond motifs is 3. The maximum Gasteiger partial charge on any atom is 0.306 e. The number of esters is 1. The predicted molar refractivity (Wildman–Crippen MR) is 115 cm³/mol. The third kappa shape index (κ3) is 4.32. The summed E-state index contributed by atoms with van der Waals surface area (Å²) in [5.74, 6) is 1.79. The Labute approximate surface area is 177 Å². The number of rotatable bonds is 7.